The fourth-order valence-corrected chi connectivity index (χ4v) is 8.76. The predicted octanol–water partition coefficient (Wildman–Crippen LogP) is 5.16. The van der Waals surface area contributed by atoms with Crippen LogP contribution in [0.2, 0.25) is 10.0 Å². The van der Waals surface area contributed by atoms with Crippen LogP contribution in [0.3, 0.4) is 0 Å². The van der Waals surface area contributed by atoms with Gasteiger partial charge in [0.25, 0.3) is 0 Å². The summed E-state index contributed by atoms with van der Waals surface area (Å²) in [6, 6.07) is 10.2. The van der Waals surface area contributed by atoms with Crippen LogP contribution in [0.15, 0.2) is 52.3 Å². The summed E-state index contributed by atoms with van der Waals surface area (Å²) in [7, 11) is 0. The van der Waals surface area contributed by atoms with Crippen LogP contribution in [0, 0.1) is 11.7 Å². The SMILES string of the molecule is O=C(Cn1c2c(sc1=O)C(c1cccc(Cl)c1Cl)C1C(=O)N(c3ccc(F)cc3)C(=O)C1S2)N1CCCCC1. The van der Waals surface area contributed by atoms with E-state index >= 15 is 0 Å². The second-order valence-corrected chi connectivity index (χ2v) is 12.6. The first-order valence-electron chi connectivity index (χ1n) is 12.5. The lowest BCUT2D eigenvalue weighted by atomic mass is 9.83. The zero-order valence-corrected chi connectivity index (χ0v) is 23.6. The molecule has 0 saturated carbocycles. The maximum Gasteiger partial charge on any atom is 0.308 e. The molecule has 39 heavy (non-hydrogen) atoms. The number of rotatable bonds is 4. The van der Waals surface area contributed by atoms with Gasteiger partial charge in [0, 0.05) is 23.9 Å². The Hall–Kier alpha value is -2.66. The third-order valence-electron chi connectivity index (χ3n) is 7.45. The van der Waals surface area contributed by atoms with Crippen molar-refractivity contribution in [3.63, 3.8) is 0 Å². The molecular formula is C27H22Cl2FN3O4S2. The molecule has 12 heteroatoms. The number of piperidine rings is 1. The highest BCUT2D eigenvalue weighted by molar-refractivity contribution is 8.00. The number of imide groups is 1. The minimum Gasteiger partial charge on any atom is -0.341 e. The molecule has 1 aromatic heterocycles. The topological polar surface area (TPSA) is 79.7 Å². The fraction of sp³-hybridized carbons (Fsp3) is 0.333. The number of carbonyl (C=O) groups is 3. The van der Waals surface area contributed by atoms with Crippen LogP contribution in [-0.4, -0.2) is 45.5 Å². The van der Waals surface area contributed by atoms with E-state index in [-0.39, 0.29) is 33.1 Å². The Labute approximate surface area is 241 Å². The van der Waals surface area contributed by atoms with Crippen LogP contribution in [-0.2, 0) is 20.9 Å². The molecule has 3 aliphatic heterocycles. The van der Waals surface area contributed by atoms with E-state index in [9.17, 15) is 23.6 Å². The second-order valence-electron chi connectivity index (χ2n) is 9.74. The summed E-state index contributed by atoms with van der Waals surface area (Å²) in [6.45, 7) is 1.16. The molecule has 3 amide bonds. The highest BCUT2D eigenvalue weighted by Gasteiger charge is 2.57. The lowest BCUT2D eigenvalue weighted by molar-refractivity contribution is -0.133. The van der Waals surface area contributed by atoms with Crippen LogP contribution in [0.25, 0.3) is 0 Å². The van der Waals surface area contributed by atoms with E-state index in [0.29, 0.717) is 28.6 Å². The number of thiazole rings is 1. The molecule has 3 aliphatic rings. The van der Waals surface area contributed by atoms with Crippen molar-refractivity contribution in [3.05, 3.63) is 78.4 Å². The number of benzene rings is 2. The molecule has 7 nitrogen and oxygen atoms in total. The average Bonchev–Trinajstić information content (AvgIpc) is 3.38. The number of carbonyl (C=O) groups excluding carboxylic acids is 3. The van der Waals surface area contributed by atoms with E-state index in [0.717, 1.165) is 47.3 Å². The van der Waals surface area contributed by atoms with Crippen molar-refractivity contribution in [2.45, 2.75) is 42.0 Å². The van der Waals surface area contributed by atoms with E-state index in [1.165, 1.54) is 28.8 Å². The number of nitrogens with zero attached hydrogens (tertiary/aromatic N) is 3. The van der Waals surface area contributed by atoms with Gasteiger partial charge in [-0.1, -0.05) is 58.4 Å². The Morgan fingerprint density at radius 2 is 1.69 bits per heavy atom. The maximum atomic E-state index is 13.9. The lowest BCUT2D eigenvalue weighted by Crippen LogP contribution is -2.39. The van der Waals surface area contributed by atoms with E-state index < -0.39 is 34.7 Å². The molecule has 0 N–H and O–H groups in total. The van der Waals surface area contributed by atoms with Gasteiger partial charge < -0.3 is 4.90 Å². The van der Waals surface area contributed by atoms with Gasteiger partial charge in [0.05, 0.1) is 26.7 Å². The van der Waals surface area contributed by atoms with Crippen molar-refractivity contribution in [1.29, 1.82) is 0 Å². The molecule has 0 bridgehead atoms. The minimum absolute atomic E-state index is 0.144. The first-order chi connectivity index (χ1) is 18.8. The van der Waals surface area contributed by atoms with Crippen molar-refractivity contribution < 1.29 is 18.8 Å². The molecule has 6 rings (SSSR count). The number of hydrogen-bond acceptors (Lipinski definition) is 6. The predicted molar refractivity (Wildman–Crippen MR) is 149 cm³/mol. The van der Waals surface area contributed by atoms with Crippen LogP contribution in [0.4, 0.5) is 10.1 Å². The molecule has 2 fully saturated rings. The Morgan fingerprint density at radius 1 is 0.974 bits per heavy atom. The van der Waals surface area contributed by atoms with Gasteiger partial charge in [0.15, 0.2) is 0 Å². The maximum absolute atomic E-state index is 13.9. The average molecular weight is 607 g/mol. The van der Waals surface area contributed by atoms with Gasteiger partial charge in [-0.25, -0.2) is 9.29 Å². The van der Waals surface area contributed by atoms with Gasteiger partial charge in [0.1, 0.15) is 17.6 Å². The highest BCUT2D eigenvalue weighted by atomic mass is 35.5. The standard InChI is InChI=1S/C27H22Cl2FN3O4S2/c28-17-6-4-5-16(21(17)29)19-20-22(25(36)33(24(20)35)15-9-7-14(30)8-10-15)38-26-23(19)39-27(37)32(26)13-18(34)31-11-2-1-3-12-31/h4-10,19-20,22H,1-3,11-13H2. The first-order valence-corrected chi connectivity index (χ1v) is 15.0. The second kappa shape index (κ2) is 10.4. The van der Waals surface area contributed by atoms with Crippen molar-refractivity contribution in [2.75, 3.05) is 18.0 Å². The molecule has 2 aromatic carbocycles. The molecule has 3 aromatic rings. The van der Waals surface area contributed by atoms with Crippen molar-refractivity contribution in [2.24, 2.45) is 5.92 Å². The monoisotopic (exact) mass is 605 g/mol. The normalized spacial score (nSPS) is 22.7. The summed E-state index contributed by atoms with van der Waals surface area (Å²) in [5, 5.41) is 0.128. The van der Waals surface area contributed by atoms with Gasteiger partial charge in [-0.05, 0) is 55.2 Å². The third kappa shape index (κ3) is 4.51. The van der Waals surface area contributed by atoms with Crippen molar-refractivity contribution in [3.8, 4) is 0 Å². The molecule has 0 radical (unpaired) electrons. The van der Waals surface area contributed by atoms with Gasteiger partial charge in [-0.15, -0.1) is 0 Å². The van der Waals surface area contributed by atoms with Crippen LogP contribution in [0.1, 0.15) is 35.6 Å². The summed E-state index contributed by atoms with van der Waals surface area (Å²) in [5.74, 6) is -3.18. The van der Waals surface area contributed by atoms with Crippen LogP contribution in [0.5, 0.6) is 0 Å². The summed E-state index contributed by atoms with van der Waals surface area (Å²) in [4.78, 5) is 57.1. The molecule has 3 unspecified atom stereocenters. The van der Waals surface area contributed by atoms with Gasteiger partial charge >= 0.3 is 4.87 Å². The Balaban J connectivity index is 1.46. The molecule has 202 valence electrons. The molecule has 0 spiro atoms. The Bertz CT molecular complexity index is 1550. The number of hydrogen-bond donors (Lipinski definition) is 0. The van der Waals surface area contributed by atoms with Crippen LogP contribution < -0.4 is 9.77 Å². The van der Waals surface area contributed by atoms with Gasteiger partial charge in [0.2, 0.25) is 17.7 Å². The zero-order chi connectivity index (χ0) is 27.4. The highest BCUT2D eigenvalue weighted by Crippen LogP contribution is 2.55. The van der Waals surface area contributed by atoms with E-state index in [4.69, 9.17) is 23.2 Å². The number of fused-ring (bicyclic) bond motifs is 2. The minimum atomic E-state index is -0.875. The zero-order valence-electron chi connectivity index (χ0n) is 20.4. The lowest BCUT2D eigenvalue weighted by Gasteiger charge is -2.31. The number of likely N-dealkylation sites (tertiary alicyclic amines) is 1. The summed E-state index contributed by atoms with van der Waals surface area (Å²) in [5.41, 5.74) is 0.789. The fourth-order valence-electron chi connectivity index (χ4n) is 5.57. The quantitative estimate of drug-likeness (QED) is 0.384. The molecule has 3 atom stereocenters. The number of aromatic nitrogens is 1. The van der Waals surface area contributed by atoms with E-state index in [1.54, 1.807) is 23.1 Å². The first kappa shape index (κ1) is 26.6. The van der Waals surface area contributed by atoms with Crippen molar-refractivity contribution >= 4 is 69.7 Å². The smallest absolute Gasteiger partial charge is 0.308 e. The number of thioether (sulfide) groups is 1. The summed E-state index contributed by atoms with van der Waals surface area (Å²) in [6.07, 6.45) is 2.91. The number of amides is 3. The van der Waals surface area contributed by atoms with Gasteiger partial charge in [-0.3, -0.25) is 23.7 Å². The number of anilines is 1. The van der Waals surface area contributed by atoms with Crippen LogP contribution >= 0.6 is 46.3 Å². The van der Waals surface area contributed by atoms with Gasteiger partial charge in [-0.2, -0.15) is 0 Å². The number of halogens is 3. The Kier molecular flexibility index (Phi) is 7.07. The molecule has 4 heterocycles. The molecule has 2 saturated heterocycles. The summed E-state index contributed by atoms with van der Waals surface area (Å²) < 4.78 is 15.0. The van der Waals surface area contributed by atoms with Crippen molar-refractivity contribution in [1.82, 2.24) is 9.47 Å². The Morgan fingerprint density at radius 3 is 2.41 bits per heavy atom. The molecule has 0 aliphatic carbocycles. The van der Waals surface area contributed by atoms with E-state index in [1.807, 2.05) is 0 Å². The van der Waals surface area contributed by atoms with E-state index in [2.05, 4.69) is 0 Å². The molecular weight excluding hydrogens is 584 g/mol. The third-order valence-corrected chi connectivity index (χ3v) is 10.9. The summed E-state index contributed by atoms with van der Waals surface area (Å²) >= 11 is 15.1. The largest absolute Gasteiger partial charge is 0.341 e.